The topological polar surface area (TPSA) is 53.6 Å². The van der Waals surface area contributed by atoms with Gasteiger partial charge < -0.3 is 20.3 Å². The van der Waals surface area contributed by atoms with Crippen LogP contribution in [0.25, 0.3) is 0 Å². The summed E-state index contributed by atoms with van der Waals surface area (Å²) in [4.78, 5) is 13.2. The maximum atomic E-state index is 11.4. The molecule has 0 spiro atoms. The number of rotatable bonds is 5. The molecule has 1 heterocycles. The summed E-state index contributed by atoms with van der Waals surface area (Å²) in [5.41, 5.74) is 2.67. The Kier molecular flexibility index (Phi) is 3.78. The van der Waals surface area contributed by atoms with E-state index in [2.05, 4.69) is 16.7 Å². The van der Waals surface area contributed by atoms with E-state index < -0.39 is 0 Å². The standard InChI is InChI=1S/C15H21N3O2/c1-16-13-6-5-12-11(13)3-2-4-14(12)20-10-9-18-8-7-17-15(18)19/h2-4,13,16H,5-10H2,1H3,(H,17,19). The summed E-state index contributed by atoms with van der Waals surface area (Å²) in [6, 6.07) is 6.71. The monoisotopic (exact) mass is 275 g/mol. The van der Waals surface area contributed by atoms with E-state index in [1.165, 1.54) is 11.1 Å². The van der Waals surface area contributed by atoms with Gasteiger partial charge in [0.2, 0.25) is 0 Å². The number of amides is 2. The van der Waals surface area contributed by atoms with Crippen molar-refractivity contribution in [2.24, 2.45) is 0 Å². The number of urea groups is 1. The molecule has 1 aliphatic heterocycles. The maximum absolute atomic E-state index is 11.4. The first kappa shape index (κ1) is 13.2. The highest BCUT2D eigenvalue weighted by Crippen LogP contribution is 2.36. The van der Waals surface area contributed by atoms with Crippen molar-refractivity contribution in [3.8, 4) is 5.75 Å². The molecule has 20 heavy (non-hydrogen) atoms. The third-order valence-corrected chi connectivity index (χ3v) is 4.14. The zero-order valence-electron chi connectivity index (χ0n) is 11.8. The minimum absolute atomic E-state index is 0.0159. The molecule has 0 aromatic heterocycles. The quantitative estimate of drug-likeness (QED) is 0.851. The lowest BCUT2D eigenvalue weighted by molar-refractivity contribution is 0.202. The number of hydrogen-bond acceptors (Lipinski definition) is 3. The number of ether oxygens (including phenoxy) is 1. The first-order valence-corrected chi connectivity index (χ1v) is 7.24. The van der Waals surface area contributed by atoms with E-state index in [1.54, 1.807) is 4.90 Å². The second-order valence-corrected chi connectivity index (χ2v) is 5.27. The molecule has 2 aliphatic rings. The second kappa shape index (κ2) is 5.71. The van der Waals surface area contributed by atoms with E-state index in [0.29, 0.717) is 19.2 Å². The Morgan fingerprint density at radius 1 is 1.50 bits per heavy atom. The van der Waals surface area contributed by atoms with Crippen molar-refractivity contribution >= 4 is 6.03 Å². The molecule has 1 fully saturated rings. The van der Waals surface area contributed by atoms with E-state index in [-0.39, 0.29) is 6.03 Å². The zero-order chi connectivity index (χ0) is 13.9. The molecule has 5 nitrogen and oxygen atoms in total. The van der Waals surface area contributed by atoms with Gasteiger partial charge >= 0.3 is 6.03 Å². The Balaban J connectivity index is 1.61. The Morgan fingerprint density at radius 2 is 2.40 bits per heavy atom. The predicted octanol–water partition coefficient (Wildman–Crippen LogP) is 1.30. The predicted molar refractivity (Wildman–Crippen MR) is 77.0 cm³/mol. The molecule has 1 aliphatic carbocycles. The van der Waals surface area contributed by atoms with Gasteiger partial charge in [-0.2, -0.15) is 0 Å². The van der Waals surface area contributed by atoms with Gasteiger partial charge in [0.05, 0.1) is 6.54 Å². The lowest BCUT2D eigenvalue weighted by Gasteiger charge is -2.16. The molecule has 2 amide bonds. The largest absolute Gasteiger partial charge is 0.491 e. The van der Waals surface area contributed by atoms with Crippen molar-refractivity contribution in [3.63, 3.8) is 0 Å². The highest BCUT2D eigenvalue weighted by molar-refractivity contribution is 5.76. The van der Waals surface area contributed by atoms with Crippen LogP contribution in [0.2, 0.25) is 0 Å². The third-order valence-electron chi connectivity index (χ3n) is 4.14. The molecule has 1 aromatic carbocycles. The van der Waals surface area contributed by atoms with E-state index in [9.17, 15) is 4.79 Å². The number of hydrogen-bond donors (Lipinski definition) is 2. The Hall–Kier alpha value is -1.75. The smallest absolute Gasteiger partial charge is 0.317 e. The van der Waals surface area contributed by atoms with Gasteiger partial charge in [0.15, 0.2) is 0 Å². The van der Waals surface area contributed by atoms with Crippen molar-refractivity contribution in [2.75, 3.05) is 33.3 Å². The van der Waals surface area contributed by atoms with Gasteiger partial charge in [-0.3, -0.25) is 0 Å². The van der Waals surface area contributed by atoms with Gasteiger partial charge in [0, 0.05) is 19.1 Å². The molecule has 2 N–H and O–H groups in total. The summed E-state index contributed by atoms with van der Waals surface area (Å²) < 4.78 is 5.90. The van der Waals surface area contributed by atoms with Crippen molar-refractivity contribution < 1.29 is 9.53 Å². The summed E-state index contributed by atoms with van der Waals surface area (Å²) in [5, 5.41) is 6.13. The van der Waals surface area contributed by atoms with Gasteiger partial charge in [-0.05, 0) is 37.1 Å². The highest BCUT2D eigenvalue weighted by Gasteiger charge is 2.24. The van der Waals surface area contributed by atoms with Crippen LogP contribution >= 0.6 is 0 Å². The molecule has 5 heteroatoms. The number of carbonyl (C=O) groups excluding carboxylic acids is 1. The van der Waals surface area contributed by atoms with Crippen LogP contribution in [0, 0.1) is 0 Å². The number of nitrogens with one attached hydrogen (secondary N) is 2. The Morgan fingerprint density at radius 3 is 3.15 bits per heavy atom. The normalized spacial score (nSPS) is 20.9. The molecular weight excluding hydrogens is 254 g/mol. The minimum atomic E-state index is 0.0159. The number of benzene rings is 1. The fraction of sp³-hybridized carbons (Fsp3) is 0.533. The molecule has 0 bridgehead atoms. The highest BCUT2D eigenvalue weighted by atomic mass is 16.5. The molecule has 0 radical (unpaired) electrons. The van der Waals surface area contributed by atoms with Crippen molar-refractivity contribution in [2.45, 2.75) is 18.9 Å². The van der Waals surface area contributed by atoms with Crippen LogP contribution in [0.15, 0.2) is 18.2 Å². The van der Waals surface area contributed by atoms with Crippen LogP contribution < -0.4 is 15.4 Å². The molecule has 1 saturated heterocycles. The third kappa shape index (κ3) is 2.45. The summed E-state index contributed by atoms with van der Waals surface area (Å²) >= 11 is 0. The molecule has 1 atom stereocenters. The molecule has 3 rings (SSSR count). The van der Waals surface area contributed by atoms with Gasteiger partial charge in [0.1, 0.15) is 12.4 Å². The molecule has 0 saturated carbocycles. The molecule has 1 aromatic rings. The number of carbonyl (C=O) groups is 1. The summed E-state index contributed by atoms with van der Waals surface area (Å²) in [7, 11) is 2.00. The van der Waals surface area contributed by atoms with Crippen LogP contribution in [0.4, 0.5) is 4.79 Å². The van der Waals surface area contributed by atoms with Crippen LogP contribution in [-0.2, 0) is 6.42 Å². The van der Waals surface area contributed by atoms with Gasteiger partial charge in [0.25, 0.3) is 0 Å². The lowest BCUT2D eigenvalue weighted by Crippen LogP contribution is -2.31. The molecule has 1 unspecified atom stereocenters. The lowest BCUT2D eigenvalue weighted by atomic mass is 10.1. The van der Waals surface area contributed by atoms with Crippen molar-refractivity contribution in [3.05, 3.63) is 29.3 Å². The average molecular weight is 275 g/mol. The summed E-state index contributed by atoms with van der Waals surface area (Å²) in [5.74, 6) is 0.972. The van der Waals surface area contributed by atoms with Crippen LogP contribution in [0.5, 0.6) is 5.75 Å². The fourth-order valence-corrected chi connectivity index (χ4v) is 3.05. The van der Waals surface area contributed by atoms with E-state index >= 15 is 0 Å². The van der Waals surface area contributed by atoms with Crippen molar-refractivity contribution in [1.82, 2.24) is 15.5 Å². The van der Waals surface area contributed by atoms with Crippen LogP contribution in [0.1, 0.15) is 23.6 Å². The van der Waals surface area contributed by atoms with Crippen LogP contribution in [0.3, 0.4) is 0 Å². The first-order chi connectivity index (χ1) is 9.79. The molecule has 108 valence electrons. The number of fused-ring (bicyclic) bond motifs is 1. The fourth-order valence-electron chi connectivity index (χ4n) is 3.05. The first-order valence-electron chi connectivity index (χ1n) is 7.24. The van der Waals surface area contributed by atoms with Crippen molar-refractivity contribution in [1.29, 1.82) is 0 Å². The van der Waals surface area contributed by atoms with Gasteiger partial charge in [-0.15, -0.1) is 0 Å². The SMILES string of the molecule is CNC1CCc2c(OCCN3CCNC3=O)cccc21. The maximum Gasteiger partial charge on any atom is 0.317 e. The molecular formula is C15H21N3O2. The summed E-state index contributed by atoms with van der Waals surface area (Å²) in [6.07, 6.45) is 2.18. The Labute approximate surface area is 119 Å². The van der Waals surface area contributed by atoms with Gasteiger partial charge in [-0.25, -0.2) is 4.79 Å². The van der Waals surface area contributed by atoms with E-state index in [1.807, 2.05) is 19.2 Å². The van der Waals surface area contributed by atoms with E-state index in [0.717, 1.165) is 31.7 Å². The Bertz CT molecular complexity index is 504. The second-order valence-electron chi connectivity index (χ2n) is 5.27. The van der Waals surface area contributed by atoms with E-state index in [4.69, 9.17) is 4.74 Å². The minimum Gasteiger partial charge on any atom is -0.491 e. The number of nitrogens with zero attached hydrogens (tertiary/aromatic N) is 1. The van der Waals surface area contributed by atoms with Crippen LogP contribution in [-0.4, -0.2) is 44.2 Å². The zero-order valence-corrected chi connectivity index (χ0v) is 11.8. The summed E-state index contributed by atoms with van der Waals surface area (Å²) in [6.45, 7) is 2.71. The van der Waals surface area contributed by atoms with Gasteiger partial charge in [-0.1, -0.05) is 12.1 Å². The average Bonchev–Trinajstić information content (AvgIpc) is 3.06.